The van der Waals surface area contributed by atoms with Crippen molar-refractivity contribution in [2.45, 2.75) is 50.9 Å². The maximum atomic E-state index is 6.16. The van der Waals surface area contributed by atoms with E-state index in [2.05, 4.69) is 28.3 Å². The van der Waals surface area contributed by atoms with Crippen molar-refractivity contribution in [2.75, 3.05) is 0 Å². The summed E-state index contributed by atoms with van der Waals surface area (Å²) < 4.78 is 13.9. The summed E-state index contributed by atoms with van der Waals surface area (Å²) >= 11 is 0. The van der Waals surface area contributed by atoms with E-state index in [0.29, 0.717) is 18.4 Å². The summed E-state index contributed by atoms with van der Waals surface area (Å²) in [4.78, 5) is 4.63. The number of pyridine rings is 1. The zero-order valence-electron chi connectivity index (χ0n) is 15.8. The number of nitrogens with zero attached hydrogens (tertiary/aromatic N) is 3. The molecule has 1 aliphatic carbocycles. The summed E-state index contributed by atoms with van der Waals surface area (Å²) in [7, 11) is 0. The molecular formula is C22H24N4O2. The smallest absolute Gasteiger partial charge is 0.225 e. The number of hydrogen-bond acceptors (Lipinski definition) is 5. The first-order valence-electron chi connectivity index (χ1n) is 9.96. The predicted octanol–water partition coefficient (Wildman–Crippen LogP) is 3.87. The first-order chi connectivity index (χ1) is 13.8. The van der Waals surface area contributed by atoms with Crippen LogP contribution in [0.3, 0.4) is 0 Å². The van der Waals surface area contributed by atoms with Crippen molar-refractivity contribution in [3.63, 3.8) is 0 Å². The Balaban J connectivity index is 1.39. The van der Waals surface area contributed by atoms with Gasteiger partial charge in [-0.25, -0.2) is 4.68 Å². The van der Waals surface area contributed by atoms with Crippen LogP contribution in [0.5, 0.6) is 11.8 Å². The first kappa shape index (κ1) is 17.3. The monoisotopic (exact) mass is 376 g/mol. The molecule has 28 heavy (non-hydrogen) atoms. The molecule has 1 fully saturated rings. The highest BCUT2D eigenvalue weighted by atomic mass is 16.5. The molecule has 6 nitrogen and oxygen atoms in total. The van der Waals surface area contributed by atoms with Crippen molar-refractivity contribution in [3.8, 4) is 28.6 Å². The van der Waals surface area contributed by atoms with Crippen LogP contribution >= 0.6 is 0 Å². The van der Waals surface area contributed by atoms with E-state index in [1.807, 2.05) is 29.1 Å². The van der Waals surface area contributed by atoms with E-state index < -0.39 is 0 Å². The molecule has 3 aromatic rings. The summed E-state index contributed by atoms with van der Waals surface area (Å²) in [6.07, 6.45) is 9.19. The zero-order chi connectivity index (χ0) is 18.9. The van der Waals surface area contributed by atoms with Crippen LogP contribution in [0.25, 0.3) is 16.8 Å². The third-order valence-electron chi connectivity index (χ3n) is 5.55. The summed E-state index contributed by atoms with van der Waals surface area (Å²) in [5, 5.41) is 4.30. The summed E-state index contributed by atoms with van der Waals surface area (Å²) in [5.41, 5.74) is 10.5. The lowest BCUT2D eigenvalue weighted by Gasteiger charge is -2.23. The minimum absolute atomic E-state index is 0.135. The van der Waals surface area contributed by atoms with E-state index in [4.69, 9.17) is 15.2 Å². The van der Waals surface area contributed by atoms with Gasteiger partial charge in [0.25, 0.3) is 0 Å². The highest BCUT2D eigenvalue weighted by Crippen LogP contribution is 2.38. The van der Waals surface area contributed by atoms with E-state index in [9.17, 15) is 0 Å². The largest absolute Gasteiger partial charge is 0.474 e. The van der Waals surface area contributed by atoms with Gasteiger partial charge in [-0.2, -0.15) is 10.1 Å². The second kappa shape index (κ2) is 7.28. The molecule has 2 aliphatic rings. The molecule has 1 aliphatic heterocycles. The van der Waals surface area contributed by atoms with Gasteiger partial charge in [-0.3, -0.25) is 0 Å². The average Bonchev–Trinajstić information content (AvgIpc) is 3.17. The van der Waals surface area contributed by atoms with E-state index in [1.54, 1.807) is 6.20 Å². The SMILES string of the molecule is N[C@H]1CCCC[C@H](Oc2ccc3c(n2)OCc2cc(-n4cccn4)ccc2-3)C1. The standard InChI is InChI=1S/C22H24N4O2/c23-16-4-1-2-5-18(13-16)28-21-9-8-20-19-7-6-17(26-11-3-10-24-26)12-15(19)14-27-22(20)25-21/h3,6-12,16,18H,1-2,4-5,13-14,23H2/t16-,18-/m0/s1. The molecule has 0 unspecified atom stereocenters. The predicted molar refractivity (Wildman–Crippen MR) is 107 cm³/mol. The van der Waals surface area contributed by atoms with E-state index in [1.165, 1.54) is 6.42 Å². The number of hydrogen-bond donors (Lipinski definition) is 1. The molecule has 2 N–H and O–H groups in total. The molecule has 0 radical (unpaired) electrons. The molecule has 0 spiro atoms. The van der Waals surface area contributed by atoms with Crippen LogP contribution in [0.4, 0.5) is 0 Å². The molecule has 2 atom stereocenters. The van der Waals surface area contributed by atoms with Gasteiger partial charge >= 0.3 is 0 Å². The molecule has 6 heteroatoms. The minimum atomic E-state index is 0.135. The van der Waals surface area contributed by atoms with Gasteiger partial charge in [0.15, 0.2) is 0 Å². The minimum Gasteiger partial charge on any atom is -0.474 e. The third-order valence-corrected chi connectivity index (χ3v) is 5.55. The molecule has 1 aromatic carbocycles. The number of ether oxygens (including phenoxy) is 2. The number of rotatable bonds is 3. The van der Waals surface area contributed by atoms with Crippen molar-refractivity contribution in [1.29, 1.82) is 0 Å². The Morgan fingerprint density at radius 2 is 2.00 bits per heavy atom. The molecule has 0 bridgehead atoms. The lowest BCUT2D eigenvalue weighted by atomic mass is 9.98. The summed E-state index contributed by atoms with van der Waals surface area (Å²) in [5.74, 6) is 1.25. The number of aromatic nitrogens is 3. The Bertz CT molecular complexity index is 971. The number of fused-ring (bicyclic) bond motifs is 3. The van der Waals surface area contributed by atoms with Crippen LogP contribution in [0.2, 0.25) is 0 Å². The maximum absolute atomic E-state index is 6.16. The van der Waals surface area contributed by atoms with Gasteiger partial charge in [-0.1, -0.05) is 12.5 Å². The van der Waals surface area contributed by atoms with Crippen LogP contribution in [-0.4, -0.2) is 26.9 Å². The fourth-order valence-electron chi connectivity index (χ4n) is 4.11. The van der Waals surface area contributed by atoms with Crippen molar-refractivity contribution in [1.82, 2.24) is 14.8 Å². The van der Waals surface area contributed by atoms with Crippen LogP contribution in [0.1, 0.15) is 37.7 Å². The van der Waals surface area contributed by atoms with Gasteiger partial charge in [0.2, 0.25) is 11.8 Å². The second-order valence-corrected chi connectivity index (χ2v) is 7.60. The highest BCUT2D eigenvalue weighted by molar-refractivity contribution is 5.74. The first-order valence-corrected chi connectivity index (χ1v) is 9.96. The topological polar surface area (TPSA) is 75.2 Å². The van der Waals surface area contributed by atoms with Crippen LogP contribution in [-0.2, 0) is 6.61 Å². The number of benzene rings is 1. The Labute approximate surface area is 164 Å². The lowest BCUT2D eigenvalue weighted by molar-refractivity contribution is 0.168. The quantitative estimate of drug-likeness (QED) is 0.703. The van der Waals surface area contributed by atoms with Crippen molar-refractivity contribution in [3.05, 3.63) is 54.4 Å². The lowest BCUT2D eigenvalue weighted by Crippen LogP contribution is -2.27. The van der Waals surface area contributed by atoms with E-state index in [-0.39, 0.29) is 12.1 Å². The Morgan fingerprint density at radius 1 is 1.11 bits per heavy atom. The van der Waals surface area contributed by atoms with Gasteiger partial charge in [0, 0.05) is 30.1 Å². The van der Waals surface area contributed by atoms with E-state index >= 15 is 0 Å². The molecule has 2 aromatic heterocycles. The second-order valence-electron chi connectivity index (χ2n) is 7.60. The van der Waals surface area contributed by atoms with Crippen LogP contribution in [0.15, 0.2) is 48.8 Å². The molecular weight excluding hydrogens is 352 g/mol. The Hall–Kier alpha value is -2.86. The van der Waals surface area contributed by atoms with Gasteiger partial charge in [0.1, 0.15) is 12.7 Å². The summed E-state index contributed by atoms with van der Waals surface area (Å²) in [6, 6.07) is 12.4. The van der Waals surface area contributed by atoms with Gasteiger partial charge in [0.05, 0.1) is 5.69 Å². The van der Waals surface area contributed by atoms with Gasteiger partial charge in [-0.05, 0) is 61.1 Å². The third kappa shape index (κ3) is 3.36. The number of nitrogens with two attached hydrogens (primary N) is 1. The Kier molecular flexibility index (Phi) is 4.49. The molecule has 5 rings (SSSR count). The fraction of sp³-hybridized carbons (Fsp3) is 0.364. The Morgan fingerprint density at radius 3 is 2.89 bits per heavy atom. The van der Waals surface area contributed by atoms with Crippen molar-refractivity contribution in [2.24, 2.45) is 5.73 Å². The van der Waals surface area contributed by atoms with E-state index in [0.717, 1.165) is 48.1 Å². The fourth-order valence-corrected chi connectivity index (χ4v) is 4.11. The molecule has 0 amide bonds. The van der Waals surface area contributed by atoms with Crippen molar-refractivity contribution < 1.29 is 9.47 Å². The van der Waals surface area contributed by atoms with Crippen molar-refractivity contribution >= 4 is 0 Å². The van der Waals surface area contributed by atoms with Crippen LogP contribution < -0.4 is 15.2 Å². The zero-order valence-corrected chi connectivity index (χ0v) is 15.8. The van der Waals surface area contributed by atoms with Gasteiger partial charge < -0.3 is 15.2 Å². The van der Waals surface area contributed by atoms with Gasteiger partial charge in [-0.15, -0.1) is 0 Å². The molecule has 144 valence electrons. The normalized spacial score (nSPS) is 21.2. The van der Waals surface area contributed by atoms with Crippen LogP contribution in [0, 0.1) is 0 Å². The highest BCUT2D eigenvalue weighted by Gasteiger charge is 2.23. The maximum Gasteiger partial charge on any atom is 0.225 e. The average molecular weight is 376 g/mol. The molecule has 1 saturated carbocycles. The summed E-state index contributed by atoms with van der Waals surface area (Å²) in [6.45, 7) is 0.488. The molecule has 3 heterocycles. The molecule has 0 saturated heterocycles.